The summed E-state index contributed by atoms with van der Waals surface area (Å²) in [5.41, 5.74) is 1.39. The van der Waals surface area contributed by atoms with Crippen molar-refractivity contribution in [3.8, 4) is 28.7 Å². The lowest BCUT2D eigenvalue weighted by Crippen LogP contribution is -2.15. The molecule has 0 spiro atoms. The molecule has 0 unspecified atom stereocenters. The van der Waals surface area contributed by atoms with Gasteiger partial charge in [-0.05, 0) is 55.5 Å². The molecule has 0 saturated carbocycles. The van der Waals surface area contributed by atoms with Gasteiger partial charge in [-0.1, -0.05) is 30.0 Å². The Bertz CT molecular complexity index is 1310. The van der Waals surface area contributed by atoms with Crippen LogP contribution < -0.4 is 24.3 Å². The smallest absolute Gasteiger partial charge is 0.234 e. The number of ether oxygens (including phenoxy) is 4. The van der Waals surface area contributed by atoms with Crippen LogP contribution in [0.15, 0.2) is 78.0 Å². The molecule has 1 heterocycles. The Morgan fingerprint density at radius 2 is 1.62 bits per heavy atom. The number of amides is 1. The van der Waals surface area contributed by atoms with Crippen LogP contribution in [-0.2, 0) is 11.4 Å². The number of rotatable bonds is 12. The van der Waals surface area contributed by atoms with E-state index < -0.39 is 0 Å². The quantitative estimate of drug-likeness (QED) is 0.261. The predicted octanol–water partition coefficient (Wildman–Crippen LogP) is 4.99. The van der Waals surface area contributed by atoms with E-state index in [4.69, 9.17) is 18.9 Å². The first kappa shape index (κ1) is 25.9. The van der Waals surface area contributed by atoms with Crippen LogP contribution >= 0.6 is 11.8 Å². The molecule has 10 heteroatoms. The molecule has 0 radical (unpaired) electrons. The largest absolute Gasteiger partial charge is 0.497 e. The fourth-order valence-electron chi connectivity index (χ4n) is 3.49. The number of carbonyl (C=O) groups excluding carboxylic acids is 1. The number of para-hydroxylation sites is 1. The number of nitrogens with one attached hydrogen (secondary N) is 1. The predicted molar refractivity (Wildman–Crippen MR) is 142 cm³/mol. The topological polar surface area (TPSA) is 96.7 Å². The van der Waals surface area contributed by atoms with Gasteiger partial charge in [-0.3, -0.25) is 9.36 Å². The van der Waals surface area contributed by atoms with Gasteiger partial charge in [0, 0.05) is 11.8 Å². The van der Waals surface area contributed by atoms with Gasteiger partial charge < -0.3 is 24.3 Å². The maximum atomic E-state index is 12.8. The van der Waals surface area contributed by atoms with Crippen LogP contribution in [0.2, 0.25) is 0 Å². The third-order valence-electron chi connectivity index (χ3n) is 5.23. The Hall–Kier alpha value is -4.18. The van der Waals surface area contributed by atoms with Crippen LogP contribution in [0.3, 0.4) is 0 Å². The van der Waals surface area contributed by atoms with E-state index in [0.717, 1.165) is 17.2 Å². The van der Waals surface area contributed by atoms with E-state index >= 15 is 0 Å². The zero-order valence-electron chi connectivity index (χ0n) is 20.8. The van der Waals surface area contributed by atoms with Gasteiger partial charge in [-0.2, -0.15) is 0 Å². The second-order valence-corrected chi connectivity index (χ2v) is 8.61. The summed E-state index contributed by atoms with van der Waals surface area (Å²) in [4.78, 5) is 12.8. The molecule has 0 aliphatic carbocycles. The van der Waals surface area contributed by atoms with Gasteiger partial charge in [0.15, 0.2) is 11.0 Å². The summed E-state index contributed by atoms with van der Waals surface area (Å²) in [5.74, 6) is 3.15. The van der Waals surface area contributed by atoms with Gasteiger partial charge in [0.05, 0.1) is 32.3 Å². The molecular weight excluding hydrogens is 492 g/mol. The monoisotopic (exact) mass is 520 g/mol. The van der Waals surface area contributed by atoms with Crippen LogP contribution in [-0.4, -0.2) is 47.3 Å². The molecule has 1 N–H and O–H groups in total. The molecule has 0 aliphatic rings. The summed E-state index contributed by atoms with van der Waals surface area (Å²) in [6.45, 7) is 2.73. The van der Waals surface area contributed by atoms with Crippen LogP contribution in [0.25, 0.3) is 5.69 Å². The number of aromatic nitrogens is 3. The molecule has 37 heavy (non-hydrogen) atoms. The molecule has 192 valence electrons. The second-order valence-electron chi connectivity index (χ2n) is 7.67. The number of hydrogen-bond acceptors (Lipinski definition) is 8. The van der Waals surface area contributed by atoms with E-state index in [1.165, 1.54) is 18.9 Å². The van der Waals surface area contributed by atoms with Gasteiger partial charge in [0.2, 0.25) is 5.91 Å². The molecule has 0 atom stereocenters. The molecule has 0 aliphatic heterocycles. The van der Waals surface area contributed by atoms with Crippen molar-refractivity contribution in [2.24, 2.45) is 0 Å². The lowest BCUT2D eigenvalue weighted by Gasteiger charge is -2.13. The zero-order chi connectivity index (χ0) is 26.0. The average molecular weight is 521 g/mol. The van der Waals surface area contributed by atoms with E-state index in [2.05, 4.69) is 15.5 Å². The molecular formula is C27H28N4O5S. The van der Waals surface area contributed by atoms with Crippen LogP contribution in [0, 0.1) is 0 Å². The lowest BCUT2D eigenvalue weighted by atomic mass is 10.2. The van der Waals surface area contributed by atoms with E-state index in [1.807, 2.05) is 66.1 Å². The maximum Gasteiger partial charge on any atom is 0.234 e. The normalized spacial score (nSPS) is 10.6. The Labute approximate surface area is 219 Å². The molecule has 4 aromatic rings. The van der Waals surface area contributed by atoms with Crippen molar-refractivity contribution in [2.45, 2.75) is 18.7 Å². The van der Waals surface area contributed by atoms with Crippen molar-refractivity contribution in [2.75, 3.05) is 31.9 Å². The molecule has 0 fully saturated rings. The number of carbonyl (C=O) groups is 1. The van der Waals surface area contributed by atoms with Crippen LogP contribution in [0.1, 0.15) is 12.7 Å². The van der Waals surface area contributed by atoms with Crippen LogP contribution in [0.4, 0.5) is 5.69 Å². The minimum absolute atomic E-state index is 0.115. The molecule has 9 nitrogen and oxygen atoms in total. The number of thioether (sulfide) groups is 1. The summed E-state index contributed by atoms with van der Waals surface area (Å²) in [6.07, 6.45) is 0. The van der Waals surface area contributed by atoms with Gasteiger partial charge in [-0.25, -0.2) is 0 Å². The Balaban J connectivity index is 1.51. The minimum Gasteiger partial charge on any atom is -0.497 e. The Kier molecular flexibility index (Phi) is 8.88. The lowest BCUT2D eigenvalue weighted by molar-refractivity contribution is -0.113. The number of benzene rings is 3. The first-order valence-corrected chi connectivity index (χ1v) is 12.6. The molecule has 0 bridgehead atoms. The van der Waals surface area contributed by atoms with E-state index in [9.17, 15) is 4.79 Å². The average Bonchev–Trinajstić information content (AvgIpc) is 3.35. The Morgan fingerprint density at radius 3 is 2.32 bits per heavy atom. The van der Waals surface area contributed by atoms with Crippen LogP contribution in [0.5, 0.6) is 23.0 Å². The fraction of sp³-hybridized carbons (Fsp3) is 0.222. The summed E-state index contributed by atoms with van der Waals surface area (Å²) < 4.78 is 24.0. The summed E-state index contributed by atoms with van der Waals surface area (Å²) >= 11 is 1.27. The standard InChI is InChI=1S/C27H28N4O5S/c1-4-35-21-12-10-19(11-13-21)31-25(17-36-20-8-6-5-7-9-20)29-30-27(31)37-18-26(32)28-23-15-14-22(33-2)16-24(23)34-3/h5-16H,4,17-18H2,1-3H3,(H,28,32). The van der Waals surface area contributed by atoms with Gasteiger partial charge in [0.25, 0.3) is 0 Å². The van der Waals surface area contributed by atoms with Crippen molar-refractivity contribution in [3.63, 3.8) is 0 Å². The van der Waals surface area contributed by atoms with Crippen molar-refractivity contribution in [1.82, 2.24) is 14.8 Å². The third kappa shape index (κ3) is 6.73. The molecule has 3 aromatic carbocycles. The summed E-state index contributed by atoms with van der Waals surface area (Å²) in [5, 5.41) is 12.1. The highest BCUT2D eigenvalue weighted by molar-refractivity contribution is 7.99. The number of anilines is 1. The molecule has 1 aromatic heterocycles. The first-order chi connectivity index (χ1) is 18.1. The summed E-state index contributed by atoms with van der Waals surface area (Å²) in [6, 6.07) is 22.3. The number of nitrogens with zero attached hydrogens (tertiary/aromatic N) is 3. The molecule has 1 amide bonds. The maximum absolute atomic E-state index is 12.8. The molecule has 4 rings (SSSR count). The number of hydrogen-bond donors (Lipinski definition) is 1. The summed E-state index contributed by atoms with van der Waals surface area (Å²) in [7, 11) is 3.11. The SMILES string of the molecule is CCOc1ccc(-n2c(COc3ccccc3)nnc2SCC(=O)Nc2ccc(OC)cc2OC)cc1. The minimum atomic E-state index is -0.211. The Morgan fingerprint density at radius 1 is 0.892 bits per heavy atom. The highest BCUT2D eigenvalue weighted by Gasteiger charge is 2.17. The van der Waals surface area contributed by atoms with Crippen molar-refractivity contribution < 1.29 is 23.7 Å². The van der Waals surface area contributed by atoms with Crippen molar-refractivity contribution in [1.29, 1.82) is 0 Å². The fourth-order valence-corrected chi connectivity index (χ4v) is 4.26. The number of methoxy groups -OCH3 is 2. The molecule has 0 saturated heterocycles. The highest BCUT2D eigenvalue weighted by atomic mass is 32.2. The van der Waals surface area contributed by atoms with Crippen molar-refractivity contribution in [3.05, 3.63) is 78.6 Å². The van der Waals surface area contributed by atoms with Gasteiger partial charge >= 0.3 is 0 Å². The first-order valence-electron chi connectivity index (χ1n) is 11.6. The van der Waals surface area contributed by atoms with Crippen molar-refractivity contribution >= 4 is 23.4 Å². The van der Waals surface area contributed by atoms with Gasteiger partial charge in [0.1, 0.15) is 29.6 Å². The van der Waals surface area contributed by atoms with E-state index in [0.29, 0.717) is 34.8 Å². The zero-order valence-corrected chi connectivity index (χ0v) is 21.7. The van der Waals surface area contributed by atoms with E-state index in [1.54, 1.807) is 25.3 Å². The third-order valence-corrected chi connectivity index (χ3v) is 6.16. The highest BCUT2D eigenvalue weighted by Crippen LogP contribution is 2.30. The second kappa shape index (κ2) is 12.7. The van der Waals surface area contributed by atoms with Gasteiger partial charge in [-0.15, -0.1) is 10.2 Å². The van der Waals surface area contributed by atoms with E-state index in [-0.39, 0.29) is 18.3 Å².